The maximum atomic E-state index is 12.9. The molecule has 1 amide bonds. The molecule has 2 N–H and O–H groups in total. The molecule has 1 heterocycles. The minimum absolute atomic E-state index is 0.0840. The van der Waals surface area contributed by atoms with Gasteiger partial charge in [-0.2, -0.15) is 5.10 Å². The van der Waals surface area contributed by atoms with Gasteiger partial charge in [-0.3, -0.25) is 9.48 Å². The third-order valence-electron chi connectivity index (χ3n) is 2.20. The van der Waals surface area contributed by atoms with Crippen LogP contribution in [0.5, 0.6) is 5.75 Å². The van der Waals surface area contributed by atoms with Gasteiger partial charge in [0.25, 0.3) is 5.91 Å². The smallest absolute Gasteiger partial charge is 0.269 e. The molecule has 0 unspecified atom stereocenters. The van der Waals surface area contributed by atoms with Crippen molar-refractivity contribution < 1.29 is 13.9 Å². The number of rotatable bonds is 5. The second kappa shape index (κ2) is 5.31. The number of primary amides is 1. The van der Waals surface area contributed by atoms with E-state index in [9.17, 15) is 9.18 Å². The summed E-state index contributed by atoms with van der Waals surface area (Å²) in [6, 6.07) is 8.49. The van der Waals surface area contributed by atoms with Crippen molar-refractivity contribution in [3.63, 3.8) is 0 Å². The number of benzene rings is 1. The highest BCUT2D eigenvalue weighted by atomic mass is 19.1. The largest absolute Gasteiger partial charge is 0.492 e. The van der Waals surface area contributed by atoms with Gasteiger partial charge in [-0.15, -0.1) is 0 Å². The van der Waals surface area contributed by atoms with Gasteiger partial charge in [0, 0.05) is 18.3 Å². The second-order valence-electron chi connectivity index (χ2n) is 3.56. The fraction of sp³-hybridized carbons (Fsp3) is 0.167. The molecule has 5 nitrogen and oxygen atoms in total. The molecule has 1 aromatic carbocycles. The first-order chi connectivity index (χ1) is 8.65. The van der Waals surface area contributed by atoms with Crippen LogP contribution in [0.2, 0.25) is 0 Å². The Bertz CT molecular complexity index is 554. The van der Waals surface area contributed by atoms with Gasteiger partial charge in [-0.25, -0.2) is 4.39 Å². The predicted molar refractivity (Wildman–Crippen MR) is 61.5 cm³/mol. The Morgan fingerprint density at radius 3 is 3.06 bits per heavy atom. The summed E-state index contributed by atoms with van der Waals surface area (Å²) in [6.45, 7) is 0.720. The number of halogens is 1. The Morgan fingerprint density at radius 2 is 2.39 bits per heavy atom. The first-order valence-corrected chi connectivity index (χ1v) is 5.28. The maximum Gasteiger partial charge on any atom is 0.269 e. The summed E-state index contributed by atoms with van der Waals surface area (Å²) in [5.41, 5.74) is 5.13. The number of ether oxygens (including phenoxy) is 1. The average Bonchev–Trinajstić information content (AvgIpc) is 2.78. The lowest BCUT2D eigenvalue weighted by Crippen LogP contribution is -2.14. The van der Waals surface area contributed by atoms with E-state index in [1.165, 1.54) is 23.0 Å². The van der Waals surface area contributed by atoms with Crippen LogP contribution in [0, 0.1) is 11.9 Å². The van der Waals surface area contributed by atoms with Gasteiger partial charge in [0.15, 0.2) is 5.69 Å². The summed E-state index contributed by atoms with van der Waals surface area (Å²) in [5.74, 6) is -0.531. The quantitative estimate of drug-likeness (QED) is 0.858. The summed E-state index contributed by atoms with van der Waals surface area (Å²) in [6.07, 6.45) is 1.51. The van der Waals surface area contributed by atoms with E-state index >= 15 is 0 Å². The van der Waals surface area contributed by atoms with Crippen molar-refractivity contribution in [1.29, 1.82) is 0 Å². The minimum atomic E-state index is -0.625. The Kier molecular flexibility index (Phi) is 3.57. The van der Waals surface area contributed by atoms with Crippen molar-refractivity contribution in [1.82, 2.24) is 9.78 Å². The number of aromatic nitrogens is 2. The molecular weight excluding hydrogens is 237 g/mol. The molecule has 0 aliphatic carbocycles. The molecule has 2 aromatic rings. The minimum Gasteiger partial charge on any atom is -0.492 e. The van der Waals surface area contributed by atoms with Crippen molar-refractivity contribution in [2.24, 2.45) is 5.73 Å². The van der Waals surface area contributed by atoms with E-state index in [4.69, 9.17) is 10.5 Å². The van der Waals surface area contributed by atoms with Gasteiger partial charge in [0.1, 0.15) is 18.2 Å². The Hall–Kier alpha value is -2.37. The van der Waals surface area contributed by atoms with E-state index in [0.29, 0.717) is 18.9 Å². The van der Waals surface area contributed by atoms with E-state index in [1.54, 1.807) is 12.1 Å². The standard InChI is InChI=1S/C12H11FN3O2/c13-9-2-1-3-10(8-9)18-7-6-16-5-4-11(15-16)12(14)17/h1-3,5,8H,6-7H2,(H2,14,17). The predicted octanol–water partition coefficient (Wildman–Crippen LogP) is 1.00. The first kappa shape index (κ1) is 12.1. The molecule has 1 aromatic heterocycles. The van der Waals surface area contributed by atoms with Crippen LogP contribution in [0.1, 0.15) is 10.5 Å². The number of nitrogens with two attached hydrogens (primary N) is 1. The number of amides is 1. The third kappa shape index (κ3) is 3.07. The van der Waals surface area contributed by atoms with Gasteiger partial charge in [-0.05, 0) is 12.1 Å². The highest BCUT2D eigenvalue weighted by molar-refractivity contribution is 5.90. The van der Waals surface area contributed by atoms with Gasteiger partial charge in [-0.1, -0.05) is 6.07 Å². The van der Waals surface area contributed by atoms with Crippen LogP contribution >= 0.6 is 0 Å². The number of hydrogen-bond acceptors (Lipinski definition) is 3. The Morgan fingerprint density at radius 1 is 1.56 bits per heavy atom. The van der Waals surface area contributed by atoms with Gasteiger partial charge < -0.3 is 10.5 Å². The fourth-order valence-corrected chi connectivity index (χ4v) is 1.37. The summed E-state index contributed by atoms with van der Waals surface area (Å²) >= 11 is 0. The van der Waals surface area contributed by atoms with E-state index in [2.05, 4.69) is 11.2 Å². The van der Waals surface area contributed by atoms with Crippen molar-refractivity contribution in [3.8, 4) is 5.75 Å². The van der Waals surface area contributed by atoms with Gasteiger partial charge in [0.2, 0.25) is 0 Å². The molecule has 1 radical (unpaired) electrons. The zero-order valence-corrected chi connectivity index (χ0v) is 9.47. The highest BCUT2D eigenvalue weighted by Crippen LogP contribution is 2.11. The Labute approximate surface area is 103 Å². The summed E-state index contributed by atoms with van der Waals surface area (Å²) in [5, 5.41) is 3.89. The van der Waals surface area contributed by atoms with Crippen molar-refractivity contribution >= 4 is 5.91 Å². The molecule has 93 valence electrons. The van der Waals surface area contributed by atoms with Crippen LogP contribution in [0.4, 0.5) is 4.39 Å². The van der Waals surface area contributed by atoms with Crippen LogP contribution < -0.4 is 10.5 Å². The molecule has 0 spiro atoms. The van der Waals surface area contributed by atoms with Crippen LogP contribution in [0.25, 0.3) is 0 Å². The van der Waals surface area contributed by atoms with E-state index < -0.39 is 5.91 Å². The molecule has 0 atom stereocenters. The highest BCUT2D eigenvalue weighted by Gasteiger charge is 2.05. The molecule has 18 heavy (non-hydrogen) atoms. The molecule has 0 fully saturated rings. The third-order valence-corrected chi connectivity index (χ3v) is 2.20. The zero-order chi connectivity index (χ0) is 13.0. The van der Waals surface area contributed by atoms with E-state index in [-0.39, 0.29) is 11.5 Å². The number of carbonyl (C=O) groups excluding carboxylic acids is 1. The summed E-state index contributed by atoms with van der Waals surface area (Å²) < 4.78 is 19.7. The van der Waals surface area contributed by atoms with Crippen molar-refractivity contribution in [2.45, 2.75) is 6.54 Å². The van der Waals surface area contributed by atoms with Crippen LogP contribution in [-0.4, -0.2) is 22.3 Å². The Balaban J connectivity index is 1.86. The number of carbonyl (C=O) groups is 1. The summed E-state index contributed by atoms with van der Waals surface area (Å²) in [7, 11) is 0. The van der Waals surface area contributed by atoms with Crippen LogP contribution in [0.15, 0.2) is 30.5 Å². The van der Waals surface area contributed by atoms with Crippen molar-refractivity contribution in [3.05, 3.63) is 48.0 Å². The maximum absolute atomic E-state index is 12.9. The van der Waals surface area contributed by atoms with Crippen LogP contribution in [-0.2, 0) is 6.54 Å². The van der Waals surface area contributed by atoms with Crippen molar-refractivity contribution in [2.75, 3.05) is 6.61 Å². The molecule has 0 saturated heterocycles. The molecule has 0 aliphatic heterocycles. The topological polar surface area (TPSA) is 70.1 Å². The second-order valence-corrected chi connectivity index (χ2v) is 3.56. The number of hydrogen-bond donors (Lipinski definition) is 1. The van der Waals surface area contributed by atoms with E-state index in [1.807, 2.05) is 0 Å². The summed E-state index contributed by atoms with van der Waals surface area (Å²) in [4.78, 5) is 10.8. The lowest BCUT2D eigenvalue weighted by molar-refractivity contribution is 0.0994. The molecule has 6 heteroatoms. The number of nitrogens with zero attached hydrogens (tertiary/aromatic N) is 2. The molecule has 0 bridgehead atoms. The fourth-order valence-electron chi connectivity index (χ4n) is 1.37. The molecule has 0 aliphatic rings. The molecule has 2 rings (SSSR count). The SMILES string of the molecule is NC(=O)c1[c]cn(CCOc2cccc(F)c2)n1. The van der Waals surface area contributed by atoms with Crippen LogP contribution in [0.3, 0.4) is 0 Å². The lowest BCUT2D eigenvalue weighted by Gasteiger charge is -2.05. The van der Waals surface area contributed by atoms with Gasteiger partial charge in [0.05, 0.1) is 6.54 Å². The molecular formula is C12H11FN3O2. The monoisotopic (exact) mass is 248 g/mol. The first-order valence-electron chi connectivity index (χ1n) is 5.28. The zero-order valence-electron chi connectivity index (χ0n) is 9.47. The normalized spacial score (nSPS) is 10.3. The molecule has 0 saturated carbocycles. The van der Waals surface area contributed by atoms with E-state index in [0.717, 1.165) is 0 Å². The lowest BCUT2D eigenvalue weighted by atomic mass is 10.3. The average molecular weight is 248 g/mol. The van der Waals surface area contributed by atoms with Gasteiger partial charge >= 0.3 is 0 Å².